The highest BCUT2D eigenvalue weighted by Gasteiger charge is 2.07. The fraction of sp³-hybridized carbons (Fsp3) is 0.769. The monoisotopic (exact) mass is 353 g/mol. The Morgan fingerprint density at radius 3 is 2.00 bits per heavy atom. The first-order chi connectivity index (χ1) is 9.38. The summed E-state index contributed by atoms with van der Waals surface area (Å²) in [6.07, 6.45) is 1.13. The van der Waals surface area contributed by atoms with E-state index in [1.807, 2.05) is 13.8 Å². The summed E-state index contributed by atoms with van der Waals surface area (Å²) >= 11 is 3.22. The van der Waals surface area contributed by atoms with Crippen molar-refractivity contribution < 1.29 is 24.2 Å². The molecule has 0 saturated carbocycles. The SMILES string of the molecule is CCN(CC)C(C)=O.O=C(O)CC(=O)OCCCCBr. The van der Waals surface area contributed by atoms with Gasteiger partial charge in [0.15, 0.2) is 0 Å². The van der Waals surface area contributed by atoms with Gasteiger partial charge in [0.25, 0.3) is 0 Å². The van der Waals surface area contributed by atoms with Crippen LogP contribution in [0.25, 0.3) is 0 Å². The largest absolute Gasteiger partial charge is 0.481 e. The molecular weight excluding hydrogens is 330 g/mol. The number of alkyl halides is 1. The van der Waals surface area contributed by atoms with Crippen LogP contribution in [0.4, 0.5) is 0 Å². The number of hydrogen-bond donors (Lipinski definition) is 1. The van der Waals surface area contributed by atoms with Crippen molar-refractivity contribution in [2.45, 2.75) is 40.0 Å². The van der Waals surface area contributed by atoms with Gasteiger partial charge in [0.05, 0.1) is 6.61 Å². The summed E-state index contributed by atoms with van der Waals surface area (Å²) < 4.78 is 4.61. The molecule has 0 atom stereocenters. The molecule has 1 amide bonds. The zero-order chi connectivity index (χ0) is 16.0. The third kappa shape index (κ3) is 14.9. The maximum absolute atomic E-state index is 10.6. The van der Waals surface area contributed by atoms with Crippen LogP contribution in [0.5, 0.6) is 0 Å². The molecule has 7 heteroatoms. The van der Waals surface area contributed by atoms with Gasteiger partial charge in [-0.3, -0.25) is 14.4 Å². The minimum absolute atomic E-state index is 0.162. The lowest BCUT2D eigenvalue weighted by atomic mass is 10.3. The van der Waals surface area contributed by atoms with Gasteiger partial charge in [0.2, 0.25) is 5.91 Å². The van der Waals surface area contributed by atoms with E-state index in [0.717, 1.165) is 31.3 Å². The van der Waals surface area contributed by atoms with Gasteiger partial charge in [-0.25, -0.2) is 0 Å². The van der Waals surface area contributed by atoms with Gasteiger partial charge >= 0.3 is 11.9 Å². The van der Waals surface area contributed by atoms with Gasteiger partial charge in [0, 0.05) is 25.3 Å². The van der Waals surface area contributed by atoms with Crippen molar-refractivity contribution in [1.29, 1.82) is 0 Å². The number of esters is 1. The number of hydrogen-bond acceptors (Lipinski definition) is 4. The molecule has 6 nitrogen and oxygen atoms in total. The molecule has 1 N–H and O–H groups in total. The molecule has 118 valence electrons. The Morgan fingerprint density at radius 2 is 1.70 bits per heavy atom. The Kier molecular flexibility index (Phi) is 15.2. The van der Waals surface area contributed by atoms with Crippen molar-refractivity contribution in [1.82, 2.24) is 4.90 Å². The molecule has 0 aliphatic rings. The molecular formula is C13H24BrNO5. The summed E-state index contributed by atoms with van der Waals surface area (Å²) in [5, 5.41) is 9.04. The lowest BCUT2D eigenvalue weighted by molar-refractivity contribution is -0.151. The number of amides is 1. The lowest BCUT2D eigenvalue weighted by Crippen LogP contribution is -2.27. The number of unbranched alkanes of at least 4 members (excludes halogenated alkanes) is 1. The second kappa shape index (κ2) is 14.3. The highest BCUT2D eigenvalue weighted by atomic mass is 79.9. The Bertz CT molecular complexity index is 292. The molecule has 0 saturated heterocycles. The van der Waals surface area contributed by atoms with Crippen LogP contribution in [-0.2, 0) is 19.1 Å². The summed E-state index contributed by atoms with van der Waals surface area (Å²) in [6.45, 7) is 7.50. The van der Waals surface area contributed by atoms with Crippen molar-refractivity contribution in [2.24, 2.45) is 0 Å². The second-order valence-electron chi connectivity index (χ2n) is 3.88. The molecule has 0 fully saturated rings. The number of carbonyl (C=O) groups is 3. The van der Waals surface area contributed by atoms with Crippen LogP contribution in [0.1, 0.15) is 40.0 Å². The fourth-order valence-corrected chi connectivity index (χ4v) is 1.62. The summed E-state index contributed by atoms with van der Waals surface area (Å²) in [4.78, 5) is 32.9. The van der Waals surface area contributed by atoms with Crippen LogP contribution in [0.2, 0.25) is 0 Å². The van der Waals surface area contributed by atoms with E-state index in [1.165, 1.54) is 0 Å². The van der Waals surface area contributed by atoms with Gasteiger partial charge in [-0.05, 0) is 26.7 Å². The average molecular weight is 354 g/mol. The van der Waals surface area contributed by atoms with Crippen LogP contribution in [-0.4, -0.2) is 52.9 Å². The second-order valence-corrected chi connectivity index (χ2v) is 4.67. The lowest BCUT2D eigenvalue weighted by Gasteiger charge is -2.14. The highest BCUT2D eigenvalue weighted by Crippen LogP contribution is 1.95. The van der Waals surface area contributed by atoms with Gasteiger partial charge in [0.1, 0.15) is 6.42 Å². The average Bonchev–Trinajstić information content (AvgIpc) is 2.35. The van der Waals surface area contributed by atoms with Crippen LogP contribution in [0.15, 0.2) is 0 Å². The maximum atomic E-state index is 10.6. The highest BCUT2D eigenvalue weighted by molar-refractivity contribution is 9.09. The molecule has 0 unspecified atom stereocenters. The normalized spacial score (nSPS) is 9.20. The molecule has 0 spiro atoms. The zero-order valence-electron chi connectivity index (χ0n) is 12.4. The summed E-state index contributed by atoms with van der Waals surface area (Å²) in [7, 11) is 0. The van der Waals surface area contributed by atoms with Gasteiger partial charge in [-0.1, -0.05) is 15.9 Å². The number of carbonyl (C=O) groups excluding carboxylic acids is 2. The number of nitrogens with zero attached hydrogens (tertiary/aromatic N) is 1. The molecule has 0 radical (unpaired) electrons. The van der Waals surface area contributed by atoms with Crippen molar-refractivity contribution in [3.8, 4) is 0 Å². The van der Waals surface area contributed by atoms with E-state index in [-0.39, 0.29) is 5.91 Å². The van der Waals surface area contributed by atoms with E-state index in [1.54, 1.807) is 11.8 Å². The summed E-state index contributed by atoms with van der Waals surface area (Å²) in [6, 6.07) is 0. The summed E-state index contributed by atoms with van der Waals surface area (Å²) in [5.41, 5.74) is 0. The minimum Gasteiger partial charge on any atom is -0.481 e. The van der Waals surface area contributed by atoms with E-state index < -0.39 is 18.4 Å². The quantitative estimate of drug-likeness (QED) is 0.312. The van der Waals surface area contributed by atoms with E-state index in [4.69, 9.17) is 5.11 Å². The minimum atomic E-state index is -1.15. The molecule has 0 bridgehead atoms. The number of carboxylic acids is 1. The molecule has 0 aromatic carbocycles. The molecule has 0 aromatic rings. The first kappa shape index (κ1) is 21.2. The first-order valence-corrected chi connectivity index (χ1v) is 7.69. The number of halogens is 1. The summed E-state index contributed by atoms with van der Waals surface area (Å²) in [5.74, 6) is -1.66. The van der Waals surface area contributed by atoms with Crippen LogP contribution < -0.4 is 0 Å². The van der Waals surface area contributed by atoms with E-state index in [0.29, 0.717) is 6.61 Å². The third-order valence-corrected chi connectivity index (χ3v) is 2.86. The molecule has 0 aliphatic carbocycles. The molecule has 0 heterocycles. The Hall–Kier alpha value is -1.11. The predicted octanol–water partition coefficient (Wildman–Crippen LogP) is 2.05. The van der Waals surface area contributed by atoms with Crippen LogP contribution in [0.3, 0.4) is 0 Å². The number of ether oxygens (including phenoxy) is 1. The Morgan fingerprint density at radius 1 is 1.15 bits per heavy atom. The number of carboxylic acid groups (broad SMARTS) is 1. The van der Waals surface area contributed by atoms with E-state index in [9.17, 15) is 14.4 Å². The zero-order valence-corrected chi connectivity index (χ0v) is 13.9. The Balaban J connectivity index is 0. The first-order valence-electron chi connectivity index (χ1n) is 6.57. The number of aliphatic carboxylic acids is 1. The predicted molar refractivity (Wildman–Crippen MR) is 79.8 cm³/mol. The van der Waals surface area contributed by atoms with Crippen molar-refractivity contribution >= 4 is 33.8 Å². The topological polar surface area (TPSA) is 83.9 Å². The van der Waals surface area contributed by atoms with Crippen LogP contribution in [0, 0.1) is 0 Å². The van der Waals surface area contributed by atoms with Crippen molar-refractivity contribution in [3.63, 3.8) is 0 Å². The van der Waals surface area contributed by atoms with Crippen molar-refractivity contribution in [2.75, 3.05) is 25.0 Å². The molecule has 0 aromatic heterocycles. The molecule has 0 rings (SSSR count). The Labute approximate surface area is 128 Å². The van der Waals surface area contributed by atoms with Crippen LogP contribution >= 0.6 is 15.9 Å². The standard InChI is InChI=1S/C7H11BrO4.C6H13NO/c8-3-1-2-4-12-7(11)5-6(9)10;1-4-7(5-2)6(3)8/h1-5H2,(H,9,10);4-5H2,1-3H3. The number of rotatable bonds is 8. The van der Waals surface area contributed by atoms with E-state index in [2.05, 4.69) is 20.7 Å². The smallest absolute Gasteiger partial charge is 0.317 e. The van der Waals surface area contributed by atoms with Crippen molar-refractivity contribution in [3.05, 3.63) is 0 Å². The third-order valence-electron chi connectivity index (χ3n) is 2.30. The van der Waals surface area contributed by atoms with Gasteiger partial charge in [-0.2, -0.15) is 0 Å². The molecule has 0 aliphatic heterocycles. The van der Waals surface area contributed by atoms with E-state index >= 15 is 0 Å². The molecule has 20 heavy (non-hydrogen) atoms. The van der Waals surface area contributed by atoms with Gasteiger partial charge in [-0.15, -0.1) is 0 Å². The fourth-order valence-electron chi connectivity index (χ4n) is 1.23. The van der Waals surface area contributed by atoms with Gasteiger partial charge < -0.3 is 14.7 Å². The maximum Gasteiger partial charge on any atom is 0.317 e.